The number of aromatic nitrogens is 2. The summed E-state index contributed by atoms with van der Waals surface area (Å²) < 4.78 is 1.43. The van der Waals surface area contributed by atoms with Crippen LogP contribution in [0.25, 0.3) is 0 Å². The summed E-state index contributed by atoms with van der Waals surface area (Å²) in [6.07, 6.45) is 3.59. The number of aromatic amines is 1. The molecule has 0 saturated heterocycles. The monoisotopic (exact) mass is 268 g/mol. The summed E-state index contributed by atoms with van der Waals surface area (Å²) in [7, 11) is 0. The topological polar surface area (TPSA) is 92.9 Å². The number of H-pyrrole nitrogens is 1. The first-order valence-corrected chi connectivity index (χ1v) is 6.94. The van der Waals surface area contributed by atoms with Gasteiger partial charge in [-0.1, -0.05) is 27.2 Å². The Kier molecular flexibility index (Phi) is 5.66. The molecule has 6 nitrogen and oxygen atoms in total. The summed E-state index contributed by atoms with van der Waals surface area (Å²) in [5.41, 5.74) is 5.39. The summed E-state index contributed by atoms with van der Waals surface area (Å²) in [6.45, 7) is 6.64. The zero-order valence-corrected chi connectivity index (χ0v) is 12.0. The molecule has 0 bridgehead atoms. The molecule has 0 aliphatic heterocycles. The molecule has 0 fully saturated rings. The Balaban J connectivity index is 3.17. The van der Waals surface area contributed by atoms with E-state index in [1.165, 1.54) is 4.57 Å². The smallest absolute Gasteiger partial charge is 0.330 e. The number of nitrogens with zero attached hydrogens (tertiary/aromatic N) is 1. The molecule has 4 N–H and O–H groups in total. The number of rotatable bonds is 7. The maximum absolute atomic E-state index is 11.8. The summed E-state index contributed by atoms with van der Waals surface area (Å²) in [6, 6.07) is 0.181. The first kappa shape index (κ1) is 15.3. The number of hydrogen-bond donors (Lipinski definition) is 3. The highest BCUT2D eigenvalue weighted by molar-refractivity contribution is 5.60. The Morgan fingerprint density at radius 1 is 1.26 bits per heavy atom. The van der Waals surface area contributed by atoms with Gasteiger partial charge in [-0.2, -0.15) is 0 Å². The quantitative estimate of drug-likeness (QED) is 0.699. The van der Waals surface area contributed by atoms with Gasteiger partial charge in [-0.15, -0.1) is 0 Å². The van der Waals surface area contributed by atoms with Gasteiger partial charge in [0.15, 0.2) is 0 Å². The van der Waals surface area contributed by atoms with Crippen LogP contribution in [-0.2, 0) is 6.54 Å². The van der Waals surface area contributed by atoms with Crippen molar-refractivity contribution >= 4 is 11.5 Å². The standard InChI is InChI=1S/C13H24N4O2/c1-4-7-8-17-11(14)10(12(18)16-13(17)19)15-9(5-2)6-3/h9,15H,4-8,14H2,1-3H3,(H,16,18,19). The third-order valence-electron chi connectivity index (χ3n) is 3.31. The number of nitrogens with one attached hydrogen (secondary N) is 2. The van der Waals surface area contributed by atoms with Crippen LogP contribution in [0, 0.1) is 0 Å². The van der Waals surface area contributed by atoms with Gasteiger partial charge in [-0.3, -0.25) is 14.3 Å². The first-order valence-electron chi connectivity index (χ1n) is 6.94. The molecule has 1 aromatic heterocycles. The van der Waals surface area contributed by atoms with E-state index in [1.807, 2.05) is 20.8 Å². The second-order valence-electron chi connectivity index (χ2n) is 4.68. The molecule has 0 saturated carbocycles. The summed E-state index contributed by atoms with van der Waals surface area (Å²) in [5.74, 6) is 0.231. The number of hydrogen-bond acceptors (Lipinski definition) is 4. The Morgan fingerprint density at radius 2 is 1.89 bits per heavy atom. The predicted molar refractivity (Wildman–Crippen MR) is 78.6 cm³/mol. The molecule has 0 aromatic carbocycles. The van der Waals surface area contributed by atoms with Crippen LogP contribution < -0.4 is 22.3 Å². The van der Waals surface area contributed by atoms with E-state index >= 15 is 0 Å². The molecule has 1 rings (SSSR count). The molecule has 6 heteroatoms. The van der Waals surface area contributed by atoms with E-state index in [0.717, 1.165) is 25.7 Å². The van der Waals surface area contributed by atoms with Crippen LogP contribution in [0.4, 0.5) is 11.5 Å². The predicted octanol–water partition coefficient (Wildman–Crippen LogP) is 1.52. The second kappa shape index (κ2) is 7.01. The van der Waals surface area contributed by atoms with Crippen molar-refractivity contribution in [3.05, 3.63) is 20.8 Å². The van der Waals surface area contributed by atoms with Gasteiger partial charge in [0.25, 0.3) is 5.56 Å². The van der Waals surface area contributed by atoms with Crippen molar-refractivity contribution in [3.63, 3.8) is 0 Å². The van der Waals surface area contributed by atoms with Crippen molar-refractivity contribution in [2.75, 3.05) is 11.1 Å². The van der Waals surface area contributed by atoms with Gasteiger partial charge >= 0.3 is 5.69 Å². The SMILES string of the molecule is CCCCn1c(N)c(NC(CC)CC)c(=O)[nH]c1=O. The highest BCUT2D eigenvalue weighted by atomic mass is 16.2. The molecule has 0 aliphatic rings. The minimum absolute atomic E-state index is 0.181. The van der Waals surface area contributed by atoms with Crippen molar-refractivity contribution in [1.29, 1.82) is 0 Å². The van der Waals surface area contributed by atoms with Gasteiger partial charge in [-0.25, -0.2) is 4.79 Å². The van der Waals surface area contributed by atoms with Crippen LogP contribution in [0.15, 0.2) is 9.59 Å². The Bertz CT molecular complexity index is 514. The maximum atomic E-state index is 11.8. The summed E-state index contributed by atoms with van der Waals surface area (Å²) in [4.78, 5) is 25.9. The van der Waals surface area contributed by atoms with E-state index in [9.17, 15) is 9.59 Å². The molecular formula is C13H24N4O2. The molecule has 19 heavy (non-hydrogen) atoms. The summed E-state index contributed by atoms with van der Waals surface area (Å²) in [5, 5.41) is 3.13. The van der Waals surface area contributed by atoms with Crippen molar-refractivity contribution in [1.82, 2.24) is 9.55 Å². The van der Waals surface area contributed by atoms with Crippen LogP contribution in [0.3, 0.4) is 0 Å². The third-order valence-corrected chi connectivity index (χ3v) is 3.31. The molecule has 1 aromatic rings. The Labute approximate surface area is 113 Å². The van der Waals surface area contributed by atoms with Crippen molar-refractivity contribution in [2.45, 2.75) is 59.0 Å². The van der Waals surface area contributed by atoms with Crippen molar-refractivity contribution in [3.8, 4) is 0 Å². The van der Waals surface area contributed by atoms with Gasteiger partial charge < -0.3 is 11.1 Å². The lowest BCUT2D eigenvalue weighted by Gasteiger charge is -2.18. The van der Waals surface area contributed by atoms with Crippen LogP contribution >= 0.6 is 0 Å². The average molecular weight is 268 g/mol. The minimum atomic E-state index is -0.442. The van der Waals surface area contributed by atoms with Crippen LogP contribution in [-0.4, -0.2) is 15.6 Å². The fourth-order valence-corrected chi connectivity index (χ4v) is 1.96. The molecule has 0 radical (unpaired) electrons. The van der Waals surface area contributed by atoms with Crippen LogP contribution in [0.2, 0.25) is 0 Å². The average Bonchev–Trinajstić information content (AvgIpc) is 2.38. The van der Waals surface area contributed by atoms with E-state index in [4.69, 9.17) is 5.73 Å². The number of nitrogens with two attached hydrogens (primary N) is 1. The van der Waals surface area contributed by atoms with Gasteiger partial charge in [0, 0.05) is 12.6 Å². The Morgan fingerprint density at radius 3 is 2.42 bits per heavy atom. The third kappa shape index (κ3) is 3.62. The van der Waals surface area contributed by atoms with Crippen LogP contribution in [0.1, 0.15) is 46.5 Å². The molecule has 108 valence electrons. The highest BCUT2D eigenvalue weighted by Crippen LogP contribution is 2.14. The molecule has 0 unspecified atom stereocenters. The molecule has 0 aliphatic carbocycles. The highest BCUT2D eigenvalue weighted by Gasteiger charge is 2.14. The van der Waals surface area contributed by atoms with Crippen LogP contribution in [0.5, 0.6) is 0 Å². The van der Waals surface area contributed by atoms with Gasteiger partial charge in [0.05, 0.1) is 0 Å². The van der Waals surface area contributed by atoms with E-state index in [-0.39, 0.29) is 11.9 Å². The van der Waals surface area contributed by atoms with E-state index < -0.39 is 11.2 Å². The van der Waals surface area contributed by atoms with Crippen molar-refractivity contribution < 1.29 is 0 Å². The lowest BCUT2D eigenvalue weighted by Crippen LogP contribution is -2.35. The second-order valence-corrected chi connectivity index (χ2v) is 4.68. The van der Waals surface area contributed by atoms with Gasteiger partial charge in [-0.05, 0) is 19.3 Å². The molecule has 1 heterocycles. The number of nitrogen functional groups attached to an aromatic ring is 1. The summed E-state index contributed by atoms with van der Waals surface area (Å²) >= 11 is 0. The van der Waals surface area contributed by atoms with E-state index in [1.54, 1.807) is 0 Å². The van der Waals surface area contributed by atoms with E-state index in [0.29, 0.717) is 12.2 Å². The number of unbranched alkanes of at least 4 members (excludes halogenated alkanes) is 1. The normalized spacial score (nSPS) is 10.9. The lowest BCUT2D eigenvalue weighted by atomic mass is 10.1. The largest absolute Gasteiger partial charge is 0.383 e. The lowest BCUT2D eigenvalue weighted by molar-refractivity contribution is 0.602. The number of anilines is 2. The maximum Gasteiger partial charge on any atom is 0.330 e. The molecular weight excluding hydrogens is 244 g/mol. The zero-order chi connectivity index (χ0) is 14.4. The van der Waals surface area contributed by atoms with Crippen molar-refractivity contribution in [2.24, 2.45) is 0 Å². The van der Waals surface area contributed by atoms with Gasteiger partial charge in [0.2, 0.25) is 0 Å². The molecule has 0 atom stereocenters. The first-order chi connectivity index (χ1) is 9.04. The fourth-order valence-electron chi connectivity index (χ4n) is 1.96. The fraction of sp³-hybridized carbons (Fsp3) is 0.692. The molecule has 0 spiro atoms. The Hall–Kier alpha value is -1.72. The zero-order valence-electron chi connectivity index (χ0n) is 12.0. The van der Waals surface area contributed by atoms with Gasteiger partial charge in [0.1, 0.15) is 11.5 Å². The molecule has 0 amide bonds. The van der Waals surface area contributed by atoms with E-state index in [2.05, 4.69) is 10.3 Å². The minimum Gasteiger partial charge on any atom is -0.383 e.